The van der Waals surface area contributed by atoms with Gasteiger partial charge in [0.25, 0.3) is 0 Å². The van der Waals surface area contributed by atoms with Gasteiger partial charge in [0.2, 0.25) is 6.86 Å². The standard InChI is InChI=1S/C25H31F2N3O3S/c1-5-6-23(28)25(3,4)34(31,32)16(2)20-13-18(9-11-21(20)27)30-24(17-7-8-17)22-12-10-19(14-29-22)33-15-26/h9-14,16,28,30H,5-8,15H2,1-4H3. The lowest BCUT2D eigenvalue weighted by Crippen LogP contribution is -2.42. The van der Waals surface area contributed by atoms with Gasteiger partial charge in [-0.2, -0.15) is 0 Å². The predicted octanol–water partition coefficient (Wildman–Crippen LogP) is 6.22. The van der Waals surface area contributed by atoms with Gasteiger partial charge in [0.15, 0.2) is 9.84 Å². The van der Waals surface area contributed by atoms with Crippen molar-refractivity contribution >= 4 is 26.9 Å². The summed E-state index contributed by atoms with van der Waals surface area (Å²) in [6.45, 7) is 5.42. The van der Waals surface area contributed by atoms with Crippen molar-refractivity contribution in [1.82, 2.24) is 4.98 Å². The number of hydrogen-bond acceptors (Lipinski definition) is 6. The molecule has 1 unspecified atom stereocenters. The van der Waals surface area contributed by atoms with Crippen molar-refractivity contribution in [1.29, 1.82) is 5.41 Å². The van der Waals surface area contributed by atoms with E-state index in [-0.39, 0.29) is 11.3 Å². The van der Waals surface area contributed by atoms with Crippen LogP contribution >= 0.6 is 0 Å². The minimum atomic E-state index is -3.91. The first-order chi connectivity index (χ1) is 16.0. The molecule has 1 aromatic heterocycles. The van der Waals surface area contributed by atoms with Crippen molar-refractivity contribution in [2.75, 3.05) is 12.2 Å². The summed E-state index contributed by atoms with van der Waals surface area (Å²) in [5.41, 5.74) is 3.20. The topological polar surface area (TPSA) is 92.1 Å². The molecule has 1 aliphatic carbocycles. The number of pyridine rings is 1. The van der Waals surface area contributed by atoms with Crippen LogP contribution in [0, 0.1) is 11.2 Å². The minimum Gasteiger partial charge on any atom is -0.461 e. The van der Waals surface area contributed by atoms with Crippen LogP contribution in [0.5, 0.6) is 5.75 Å². The molecule has 1 atom stereocenters. The summed E-state index contributed by atoms with van der Waals surface area (Å²) in [6, 6.07) is 7.62. The van der Waals surface area contributed by atoms with Crippen molar-refractivity contribution in [3.8, 4) is 5.75 Å². The van der Waals surface area contributed by atoms with Crippen LogP contribution in [0.1, 0.15) is 69.9 Å². The molecule has 0 radical (unpaired) electrons. The molecule has 34 heavy (non-hydrogen) atoms. The van der Waals surface area contributed by atoms with E-state index in [0.717, 1.165) is 24.1 Å². The van der Waals surface area contributed by atoms with Crippen LogP contribution in [0.15, 0.2) is 42.1 Å². The Morgan fingerprint density at radius 2 is 1.97 bits per heavy atom. The zero-order valence-corrected chi connectivity index (χ0v) is 20.7. The second kappa shape index (κ2) is 10.2. The molecule has 1 aliphatic rings. The zero-order chi connectivity index (χ0) is 25.1. The third kappa shape index (κ3) is 5.29. The van der Waals surface area contributed by atoms with E-state index in [2.05, 4.69) is 10.3 Å². The lowest BCUT2D eigenvalue weighted by atomic mass is 10.0. The fraction of sp³-hybridized carbons (Fsp3) is 0.440. The minimum absolute atomic E-state index is 0.0437. The van der Waals surface area contributed by atoms with Crippen molar-refractivity contribution in [2.24, 2.45) is 0 Å². The summed E-state index contributed by atoms with van der Waals surface area (Å²) in [7, 11) is -3.91. The van der Waals surface area contributed by atoms with Crippen LogP contribution in [0.3, 0.4) is 0 Å². The summed E-state index contributed by atoms with van der Waals surface area (Å²) < 4.78 is 57.4. The molecule has 0 amide bonds. The number of alkyl halides is 1. The van der Waals surface area contributed by atoms with Gasteiger partial charge in [-0.05, 0) is 75.9 Å². The average molecular weight is 492 g/mol. The normalized spacial score (nSPS) is 14.5. The maximum absolute atomic E-state index is 14.8. The molecule has 3 rings (SSSR count). The second-order valence-electron chi connectivity index (χ2n) is 8.90. The van der Waals surface area contributed by atoms with E-state index in [1.165, 1.54) is 39.1 Å². The van der Waals surface area contributed by atoms with E-state index in [1.807, 2.05) is 6.92 Å². The van der Waals surface area contributed by atoms with E-state index < -0.39 is 32.5 Å². The molecule has 1 aromatic carbocycles. The van der Waals surface area contributed by atoms with Crippen LogP contribution < -0.4 is 10.1 Å². The Balaban J connectivity index is 1.91. The SMILES string of the molecule is CCCC(=N)C(C)(C)S(=O)(=O)C(C)c1cc(NC(=C2CC2)c2ccc(OCF)cn2)ccc1F. The Hall–Kier alpha value is -2.81. The number of anilines is 1. The van der Waals surface area contributed by atoms with Crippen molar-refractivity contribution in [3.05, 3.63) is 59.2 Å². The van der Waals surface area contributed by atoms with E-state index in [9.17, 15) is 17.2 Å². The van der Waals surface area contributed by atoms with E-state index in [0.29, 0.717) is 30.0 Å². The average Bonchev–Trinajstić information content (AvgIpc) is 3.64. The van der Waals surface area contributed by atoms with Crippen LogP contribution in [-0.4, -0.2) is 30.7 Å². The van der Waals surface area contributed by atoms with Crippen LogP contribution in [0.2, 0.25) is 0 Å². The number of hydrogen-bond donors (Lipinski definition) is 2. The summed E-state index contributed by atoms with van der Waals surface area (Å²) in [5, 5.41) is 10.4. The van der Waals surface area contributed by atoms with Gasteiger partial charge in [-0.25, -0.2) is 17.2 Å². The largest absolute Gasteiger partial charge is 0.461 e. The number of ether oxygens (including phenoxy) is 1. The molecule has 184 valence electrons. The summed E-state index contributed by atoms with van der Waals surface area (Å²) in [5.74, 6) is -0.309. The molecule has 1 saturated carbocycles. The van der Waals surface area contributed by atoms with Gasteiger partial charge in [0.05, 0.1) is 22.8 Å². The third-order valence-corrected chi connectivity index (χ3v) is 9.03. The van der Waals surface area contributed by atoms with E-state index in [4.69, 9.17) is 10.1 Å². The molecule has 0 saturated heterocycles. The van der Waals surface area contributed by atoms with Gasteiger partial charge in [-0.3, -0.25) is 4.98 Å². The Kier molecular flexibility index (Phi) is 7.75. The highest BCUT2D eigenvalue weighted by Gasteiger charge is 2.43. The van der Waals surface area contributed by atoms with Gasteiger partial charge in [0, 0.05) is 17.0 Å². The van der Waals surface area contributed by atoms with Crippen LogP contribution in [0.4, 0.5) is 14.5 Å². The van der Waals surface area contributed by atoms with Gasteiger partial charge < -0.3 is 15.5 Å². The molecule has 2 N–H and O–H groups in total. The summed E-state index contributed by atoms with van der Waals surface area (Å²) in [4.78, 5) is 4.33. The van der Waals surface area contributed by atoms with Crippen molar-refractivity contribution in [2.45, 2.75) is 63.4 Å². The number of allylic oxidation sites excluding steroid dienone is 1. The monoisotopic (exact) mass is 491 g/mol. The molecule has 0 spiro atoms. The van der Waals surface area contributed by atoms with Crippen LogP contribution in [-0.2, 0) is 9.84 Å². The summed E-state index contributed by atoms with van der Waals surface area (Å²) in [6.07, 6.45) is 4.23. The molecule has 1 heterocycles. The van der Waals surface area contributed by atoms with E-state index >= 15 is 0 Å². The van der Waals surface area contributed by atoms with E-state index in [1.54, 1.807) is 18.2 Å². The van der Waals surface area contributed by atoms with Gasteiger partial charge in [0.1, 0.15) is 16.3 Å². The molecule has 1 fully saturated rings. The predicted molar refractivity (Wildman–Crippen MR) is 131 cm³/mol. The number of nitrogens with zero attached hydrogens (tertiary/aromatic N) is 1. The second-order valence-corrected chi connectivity index (χ2v) is 11.7. The molecule has 6 nitrogen and oxygen atoms in total. The lowest BCUT2D eigenvalue weighted by Gasteiger charge is -2.30. The highest BCUT2D eigenvalue weighted by molar-refractivity contribution is 7.93. The van der Waals surface area contributed by atoms with Gasteiger partial charge in [-0.1, -0.05) is 13.3 Å². The Morgan fingerprint density at radius 3 is 2.53 bits per heavy atom. The number of rotatable bonds is 11. The number of nitrogens with one attached hydrogen (secondary N) is 2. The molecule has 2 aromatic rings. The zero-order valence-electron chi connectivity index (χ0n) is 19.9. The first-order valence-corrected chi connectivity index (χ1v) is 12.8. The molecule has 0 bridgehead atoms. The Morgan fingerprint density at radius 1 is 1.26 bits per heavy atom. The van der Waals surface area contributed by atoms with Gasteiger partial charge >= 0.3 is 0 Å². The first-order valence-electron chi connectivity index (χ1n) is 11.3. The Bertz CT molecular complexity index is 1190. The number of aromatic nitrogens is 1. The quantitative estimate of drug-likeness (QED) is 0.364. The van der Waals surface area contributed by atoms with Gasteiger partial charge in [-0.15, -0.1) is 0 Å². The maximum atomic E-state index is 14.8. The lowest BCUT2D eigenvalue weighted by molar-refractivity contribution is 0.191. The fourth-order valence-corrected chi connectivity index (χ4v) is 5.58. The molecular formula is C25H31F2N3O3S. The maximum Gasteiger partial charge on any atom is 0.228 e. The summed E-state index contributed by atoms with van der Waals surface area (Å²) >= 11 is 0. The molecule has 9 heteroatoms. The fourth-order valence-electron chi connectivity index (χ4n) is 3.73. The highest BCUT2D eigenvalue weighted by Crippen LogP contribution is 2.39. The highest BCUT2D eigenvalue weighted by atomic mass is 32.2. The smallest absolute Gasteiger partial charge is 0.228 e. The van der Waals surface area contributed by atoms with Crippen molar-refractivity contribution < 1.29 is 21.9 Å². The number of sulfone groups is 1. The Labute approximate surface area is 199 Å². The molecular weight excluding hydrogens is 460 g/mol. The van der Waals surface area contributed by atoms with Crippen LogP contribution in [0.25, 0.3) is 5.70 Å². The number of benzene rings is 1. The molecule has 0 aliphatic heterocycles. The number of halogens is 2. The first kappa shape index (κ1) is 25.8. The third-order valence-electron chi connectivity index (χ3n) is 6.17. The van der Waals surface area contributed by atoms with Crippen molar-refractivity contribution in [3.63, 3.8) is 0 Å².